The van der Waals surface area contributed by atoms with Crippen LogP contribution >= 0.6 is 18.6 Å². The molecule has 2 saturated carbocycles. The summed E-state index contributed by atoms with van der Waals surface area (Å²) in [5.41, 5.74) is 2.05. The Morgan fingerprint density at radius 2 is 1.46 bits per heavy atom. The SMILES string of the molecule is CC1CCCCCC(C)C1c1cccc(C=NC2CCCCC2)c1O.[Cl][Ti][Cl]. The molecule has 2 aliphatic rings. The molecular formula is C23H35Cl2NOTi. The summed E-state index contributed by atoms with van der Waals surface area (Å²) in [7, 11) is 9.78. The van der Waals surface area contributed by atoms with Crippen molar-refractivity contribution in [2.24, 2.45) is 16.8 Å². The van der Waals surface area contributed by atoms with E-state index >= 15 is 0 Å². The molecule has 1 N–H and O–H groups in total. The van der Waals surface area contributed by atoms with Crippen LogP contribution in [-0.2, 0) is 17.0 Å². The molecule has 2 atom stereocenters. The molecule has 0 aromatic heterocycles. The Morgan fingerprint density at radius 1 is 0.929 bits per heavy atom. The fraction of sp³-hybridized carbons (Fsp3) is 0.696. The van der Waals surface area contributed by atoms with Crippen molar-refractivity contribution in [2.45, 2.75) is 90.0 Å². The third-order valence-corrected chi connectivity index (χ3v) is 6.50. The topological polar surface area (TPSA) is 32.6 Å². The van der Waals surface area contributed by atoms with E-state index in [1.54, 1.807) is 0 Å². The van der Waals surface area contributed by atoms with Crippen molar-refractivity contribution in [1.82, 2.24) is 0 Å². The summed E-state index contributed by atoms with van der Waals surface area (Å²) >= 11 is -0.556. The van der Waals surface area contributed by atoms with Gasteiger partial charge in [0.15, 0.2) is 0 Å². The molecule has 28 heavy (non-hydrogen) atoms. The van der Waals surface area contributed by atoms with Crippen LogP contribution in [0.5, 0.6) is 5.75 Å². The fourth-order valence-electron chi connectivity index (χ4n) is 5.01. The Hall–Kier alpha value is -0.0157. The third-order valence-electron chi connectivity index (χ3n) is 6.50. The minimum absolute atomic E-state index is 0.455. The summed E-state index contributed by atoms with van der Waals surface area (Å²) in [6.07, 6.45) is 14.8. The van der Waals surface area contributed by atoms with E-state index < -0.39 is 17.0 Å². The number of aromatic hydroxyl groups is 1. The fourth-order valence-corrected chi connectivity index (χ4v) is 5.01. The van der Waals surface area contributed by atoms with Crippen molar-refractivity contribution in [3.63, 3.8) is 0 Å². The quantitative estimate of drug-likeness (QED) is 0.362. The van der Waals surface area contributed by atoms with Gasteiger partial charge in [-0.2, -0.15) is 0 Å². The minimum atomic E-state index is -0.556. The zero-order valence-corrected chi connectivity index (χ0v) is 20.4. The molecule has 2 nitrogen and oxygen atoms in total. The van der Waals surface area contributed by atoms with E-state index in [0.717, 1.165) is 11.1 Å². The second kappa shape index (κ2) is 13.3. The van der Waals surface area contributed by atoms with Gasteiger partial charge in [-0.1, -0.05) is 77.3 Å². The number of hydrogen-bond acceptors (Lipinski definition) is 2. The van der Waals surface area contributed by atoms with Gasteiger partial charge >= 0.3 is 35.6 Å². The van der Waals surface area contributed by atoms with Crippen molar-refractivity contribution in [1.29, 1.82) is 0 Å². The number of halogens is 2. The van der Waals surface area contributed by atoms with Gasteiger partial charge in [-0.15, -0.1) is 0 Å². The molecule has 1 aromatic carbocycles. The normalized spacial score (nSPS) is 26.8. The van der Waals surface area contributed by atoms with E-state index in [1.165, 1.54) is 64.2 Å². The number of benzene rings is 1. The molecule has 0 heterocycles. The van der Waals surface area contributed by atoms with Crippen LogP contribution in [0.4, 0.5) is 0 Å². The summed E-state index contributed by atoms with van der Waals surface area (Å²) in [6.45, 7) is 4.74. The van der Waals surface area contributed by atoms with E-state index in [2.05, 4.69) is 26.0 Å². The van der Waals surface area contributed by atoms with Gasteiger partial charge < -0.3 is 5.11 Å². The first-order chi connectivity index (χ1) is 13.6. The molecule has 0 bridgehead atoms. The number of phenols is 1. The molecular weight excluding hydrogens is 425 g/mol. The molecule has 156 valence electrons. The Balaban J connectivity index is 0.000000878. The molecule has 0 saturated heterocycles. The number of aliphatic imine (C=N–C) groups is 1. The molecule has 5 heteroatoms. The first kappa shape index (κ1) is 24.3. The average Bonchev–Trinajstić information content (AvgIpc) is 2.68. The van der Waals surface area contributed by atoms with Crippen LogP contribution in [0.2, 0.25) is 0 Å². The molecule has 0 amide bonds. The van der Waals surface area contributed by atoms with Crippen molar-refractivity contribution >= 4 is 24.8 Å². The monoisotopic (exact) mass is 459 g/mol. The van der Waals surface area contributed by atoms with Crippen LogP contribution in [0.3, 0.4) is 0 Å². The summed E-state index contributed by atoms with van der Waals surface area (Å²) in [4.78, 5) is 4.79. The van der Waals surface area contributed by atoms with Gasteiger partial charge in [0.1, 0.15) is 5.75 Å². The zero-order valence-electron chi connectivity index (χ0n) is 17.3. The Bertz CT molecular complexity index is 592. The van der Waals surface area contributed by atoms with Crippen LogP contribution in [0.25, 0.3) is 0 Å². The predicted molar refractivity (Wildman–Crippen MR) is 118 cm³/mol. The first-order valence-corrected chi connectivity index (χ1v) is 15.2. The van der Waals surface area contributed by atoms with Crippen LogP contribution in [-0.4, -0.2) is 17.4 Å². The molecule has 2 unspecified atom stereocenters. The van der Waals surface area contributed by atoms with Crippen LogP contribution in [0, 0.1) is 11.8 Å². The molecule has 1 aromatic rings. The Kier molecular flexibility index (Phi) is 11.5. The van der Waals surface area contributed by atoms with Crippen LogP contribution in [0.15, 0.2) is 23.2 Å². The van der Waals surface area contributed by atoms with Crippen LogP contribution < -0.4 is 0 Å². The summed E-state index contributed by atoms with van der Waals surface area (Å²) < 4.78 is 0. The zero-order chi connectivity index (χ0) is 20.4. The molecule has 0 aliphatic heterocycles. The van der Waals surface area contributed by atoms with Crippen molar-refractivity contribution in [3.05, 3.63) is 29.3 Å². The Morgan fingerprint density at radius 3 is 2.04 bits per heavy atom. The van der Waals surface area contributed by atoms with E-state index in [9.17, 15) is 5.11 Å². The van der Waals surface area contributed by atoms with Gasteiger partial charge in [-0.25, -0.2) is 0 Å². The Labute approximate surface area is 188 Å². The second-order valence-corrected chi connectivity index (χ2v) is 11.1. The number of nitrogens with zero attached hydrogens (tertiary/aromatic N) is 1. The maximum atomic E-state index is 11.0. The summed E-state index contributed by atoms with van der Waals surface area (Å²) in [5, 5.41) is 11.0. The maximum absolute atomic E-state index is 11.0. The van der Waals surface area contributed by atoms with E-state index in [1.807, 2.05) is 12.3 Å². The number of para-hydroxylation sites is 1. The third kappa shape index (κ3) is 7.35. The first-order valence-electron chi connectivity index (χ1n) is 10.9. The van der Waals surface area contributed by atoms with Gasteiger partial charge in [-0.05, 0) is 42.2 Å². The number of phenolic OH excluding ortho intramolecular Hbond substituents is 1. The molecule has 3 rings (SSSR count). The van der Waals surface area contributed by atoms with Gasteiger partial charge in [0.05, 0.1) is 0 Å². The summed E-state index contributed by atoms with van der Waals surface area (Å²) in [6, 6.07) is 6.72. The van der Waals surface area contributed by atoms with E-state index in [0.29, 0.717) is 29.5 Å². The van der Waals surface area contributed by atoms with E-state index in [4.69, 9.17) is 23.6 Å². The average molecular weight is 460 g/mol. The van der Waals surface area contributed by atoms with Gasteiger partial charge in [-0.3, -0.25) is 4.99 Å². The van der Waals surface area contributed by atoms with Gasteiger partial charge in [0.2, 0.25) is 0 Å². The molecule has 0 radical (unpaired) electrons. The van der Waals surface area contributed by atoms with Crippen molar-refractivity contribution in [3.8, 4) is 5.75 Å². The van der Waals surface area contributed by atoms with Crippen molar-refractivity contribution < 1.29 is 22.1 Å². The molecule has 0 spiro atoms. The predicted octanol–water partition coefficient (Wildman–Crippen LogP) is 7.84. The summed E-state index contributed by atoms with van der Waals surface area (Å²) in [5.74, 6) is 2.20. The molecule has 2 fully saturated rings. The second-order valence-electron chi connectivity index (χ2n) is 8.54. The molecule has 2 aliphatic carbocycles. The number of rotatable bonds is 3. The standard InChI is InChI=1S/C23H35NO.2ClH.Ti/c1-17-10-5-3-6-11-18(2)22(17)21-15-9-12-19(23(21)25)16-24-20-13-7-4-8-14-20;;;/h9,12,15-18,20,22,25H,3-8,10-11,13-14H2,1-2H3;2*1H;/q;;;+2/p-2. The van der Waals surface area contributed by atoms with Gasteiger partial charge in [0, 0.05) is 17.8 Å². The van der Waals surface area contributed by atoms with E-state index in [-0.39, 0.29) is 0 Å². The van der Waals surface area contributed by atoms with Gasteiger partial charge in [0.25, 0.3) is 0 Å². The van der Waals surface area contributed by atoms with Crippen molar-refractivity contribution in [2.75, 3.05) is 0 Å². The number of hydrogen-bond donors (Lipinski definition) is 1. The van der Waals surface area contributed by atoms with Crippen LogP contribution in [0.1, 0.15) is 95.1 Å².